The number of pyridine rings is 3. The highest BCUT2D eigenvalue weighted by Crippen LogP contribution is 2.34. The molecule has 4 rings (SSSR count). The molecule has 0 saturated heterocycles. The number of hydrogen-bond donors (Lipinski definition) is 1. The number of hydrogen-bond acceptors (Lipinski definition) is 10. The molecule has 1 N–H and O–H groups in total. The predicted molar refractivity (Wildman–Crippen MR) is 134 cm³/mol. The van der Waals surface area contributed by atoms with Crippen LogP contribution in [-0.2, 0) is 6.61 Å². The molecule has 4 aromatic heterocycles. The van der Waals surface area contributed by atoms with Gasteiger partial charge in [-0.1, -0.05) is 16.7 Å². The molecule has 178 valence electrons. The third-order valence-electron chi connectivity index (χ3n) is 4.72. The van der Waals surface area contributed by atoms with E-state index in [0.29, 0.717) is 44.0 Å². The Labute approximate surface area is 210 Å². The highest BCUT2D eigenvalue weighted by atomic mass is 35.5. The number of ether oxygens (including phenoxy) is 2. The Hall–Kier alpha value is -3.96. The van der Waals surface area contributed by atoms with Crippen molar-refractivity contribution in [1.29, 1.82) is 0 Å². The average Bonchev–Trinajstić information content (AvgIpc) is 3.30. The van der Waals surface area contributed by atoms with Gasteiger partial charge in [0.05, 0.1) is 29.6 Å². The maximum Gasteiger partial charge on any atom is 0.296 e. The van der Waals surface area contributed by atoms with E-state index < -0.39 is 5.91 Å². The number of carbonyl (C=O) groups is 1. The summed E-state index contributed by atoms with van der Waals surface area (Å²) in [4.78, 5) is 30.0. The van der Waals surface area contributed by atoms with Crippen LogP contribution in [0.2, 0.25) is 5.02 Å². The van der Waals surface area contributed by atoms with Gasteiger partial charge >= 0.3 is 0 Å². The van der Waals surface area contributed by atoms with E-state index >= 15 is 0 Å². The molecule has 4 heterocycles. The summed E-state index contributed by atoms with van der Waals surface area (Å²) in [6.45, 7) is 2.04. The fraction of sp³-hybridized carbons (Fsp3) is 0.174. The number of aryl methyl sites for hydroxylation is 1. The summed E-state index contributed by atoms with van der Waals surface area (Å²) in [6.07, 6.45) is 6.28. The lowest BCUT2D eigenvalue weighted by molar-refractivity contribution is 0.102. The van der Waals surface area contributed by atoms with Gasteiger partial charge in [0.25, 0.3) is 11.1 Å². The first-order valence-electron chi connectivity index (χ1n) is 10.3. The molecule has 0 aliphatic carbocycles. The minimum Gasteiger partial charge on any atom is -0.494 e. The monoisotopic (exact) mass is 509 g/mol. The van der Waals surface area contributed by atoms with E-state index in [4.69, 9.17) is 21.1 Å². The Balaban J connectivity index is 1.56. The van der Waals surface area contributed by atoms with Crippen molar-refractivity contribution in [3.05, 3.63) is 70.5 Å². The Bertz CT molecular complexity index is 1380. The quantitative estimate of drug-likeness (QED) is 0.350. The van der Waals surface area contributed by atoms with Crippen molar-refractivity contribution in [2.45, 2.75) is 13.5 Å². The van der Waals surface area contributed by atoms with E-state index in [0.717, 1.165) is 17.0 Å². The van der Waals surface area contributed by atoms with Crippen molar-refractivity contribution >= 4 is 40.2 Å². The number of nitrogens with zero attached hydrogens (tertiary/aromatic N) is 6. The van der Waals surface area contributed by atoms with E-state index in [1.165, 1.54) is 12.4 Å². The van der Waals surface area contributed by atoms with Crippen LogP contribution in [0.15, 0.2) is 47.8 Å². The predicted octanol–water partition coefficient (Wildman–Crippen LogP) is 4.24. The number of carbonyl (C=O) groups excluding carboxylic acids is 1. The molecule has 0 atom stereocenters. The molecule has 0 radical (unpaired) electrons. The number of anilines is 1. The summed E-state index contributed by atoms with van der Waals surface area (Å²) in [5.74, 6) is 0.0966. The second-order valence-electron chi connectivity index (χ2n) is 7.12. The Morgan fingerprint density at radius 1 is 1.17 bits per heavy atom. The minimum absolute atomic E-state index is 0.191. The van der Waals surface area contributed by atoms with Crippen LogP contribution in [0.4, 0.5) is 5.13 Å². The number of rotatable bonds is 8. The van der Waals surface area contributed by atoms with Crippen molar-refractivity contribution in [1.82, 2.24) is 25.1 Å². The third-order valence-corrected chi connectivity index (χ3v) is 5.70. The number of halogens is 1. The Morgan fingerprint density at radius 2 is 2.03 bits per heavy atom. The van der Waals surface area contributed by atoms with E-state index in [-0.39, 0.29) is 11.7 Å². The molecular weight excluding hydrogens is 490 g/mol. The van der Waals surface area contributed by atoms with Crippen molar-refractivity contribution in [3.8, 4) is 22.1 Å². The van der Waals surface area contributed by atoms with Gasteiger partial charge in [-0.05, 0) is 42.5 Å². The maximum atomic E-state index is 13.2. The number of aliphatic imine (C=N–C) groups is 1. The van der Waals surface area contributed by atoms with Gasteiger partial charge < -0.3 is 9.47 Å². The lowest BCUT2D eigenvalue weighted by Gasteiger charge is -2.14. The van der Waals surface area contributed by atoms with Crippen LogP contribution >= 0.6 is 22.9 Å². The minimum atomic E-state index is -0.404. The number of methoxy groups -OCH3 is 1. The van der Waals surface area contributed by atoms with Gasteiger partial charge in [0.15, 0.2) is 5.75 Å². The summed E-state index contributed by atoms with van der Waals surface area (Å²) in [7, 11) is 3.19. The topological polar surface area (TPSA) is 124 Å². The van der Waals surface area contributed by atoms with Crippen LogP contribution in [0.25, 0.3) is 11.1 Å². The maximum absolute atomic E-state index is 13.2. The molecule has 0 saturated carbocycles. The zero-order chi connectivity index (χ0) is 24.8. The molecule has 1 amide bonds. The van der Waals surface area contributed by atoms with Crippen molar-refractivity contribution in [3.63, 3.8) is 0 Å². The van der Waals surface area contributed by atoms with Crippen LogP contribution in [0.1, 0.15) is 27.4 Å². The molecule has 0 fully saturated rings. The van der Waals surface area contributed by atoms with E-state index in [9.17, 15) is 4.79 Å². The van der Waals surface area contributed by atoms with Gasteiger partial charge in [-0.3, -0.25) is 30.1 Å². The van der Waals surface area contributed by atoms with E-state index in [1.54, 1.807) is 44.8 Å². The lowest BCUT2D eigenvalue weighted by atomic mass is 9.99. The highest BCUT2D eigenvalue weighted by Gasteiger charge is 2.20. The molecule has 0 spiro atoms. The van der Waals surface area contributed by atoms with Crippen LogP contribution < -0.4 is 14.8 Å². The third kappa shape index (κ3) is 5.76. The normalized spacial score (nSPS) is 11.0. The fourth-order valence-corrected chi connectivity index (χ4v) is 3.88. The Morgan fingerprint density at radius 3 is 2.77 bits per heavy atom. The first kappa shape index (κ1) is 24.2. The first-order chi connectivity index (χ1) is 17.0. The molecule has 12 heteroatoms. The number of aromatic nitrogens is 5. The second kappa shape index (κ2) is 11.0. The molecule has 35 heavy (non-hydrogen) atoms. The molecule has 0 aliphatic heterocycles. The van der Waals surface area contributed by atoms with Gasteiger partial charge in [-0.2, -0.15) is 0 Å². The number of nitrogens with one attached hydrogen (secondary N) is 1. The Kier molecular flexibility index (Phi) is 7.58. The van der Waals surface area contributed by atoms with E-state index in [2.05, 4.69) is 35.5 Å². The average molecular weight is 510 g/mol. The molecule has 0 aliphatic rings. The van der Waals surface area contributed by atoms with Gasteiger partial charge in [0.1, 0.15) is 12.3 Å². The zero-order valence-corrected chi connectivity index (χ0v) is 20.6. The van der Waals surface area contributed by atoms with Gasteiger partial charge in [-0.15, -0.1) is 5.10 Å². The van der Waals surface area contributed by atoms with Crippen molar-refractivity contribution in [2.24, 2.45) is 4.99 Å². The van der Waals surface area contributed by atoms with Crippen LogP contribution in [0.3, 0.4) is 0 Å². The largest absolute Gasteiger partial charge is 0.494 e. The lowest BCUT2D eigenvalue weighted by Crippen LogP contribution is -2.14. The summed E-state index contributed by atoms with van der Waals surface area (Å²) in [5, 5.41) is 11.8. The van der Waals surface area contributed by atoms with Gasteiger partial charge in [0.2, 0.25) is 5.13 Å². The molecule has 0 unspecified atom stereocenters. The highest BCUT2D eigenvalue weighted by molar-refractivity contribution is 7.17. The van der Waals surface area contributed by atoms with E-state index in [1.807, 2.05) is 13.0 Å². The van der Waals surface area contributed by atoms with Gasteiger partial charge in [-0.25, -0.2) is 0 Å². The molecule has 0 aromatic carbocycles. The smallest absolute Gasteiger partial charge is 0.296 e. The molecule has 4 aromatic rings. The SMILES string of the molecule is C/N=C\c1nccc(-c2cc(C)ncc2C(=O)Nc2nnc(OCc3ccc(Cl)cn3)s2)c1OC. The van der Waals surface area contributed by atoms with Crippen molar-refractivity contribution in [2.75, 3.05) is 19.5 Å². The summed E-state index contributed by atoms with van der Waals surface area (Å²) >= 11 is 6.94. The number of amides is 1. The van der Waals surface area contributed by atoms with Crippen LogP contribution in [-0.4, -0.2) is 51.4 Å². The zero-order valence-electron chi connectivity index (χ0n) is 19.0. The summed E-state index contributed by atoms with van der Waals surface area (Å²) < 4.78 is 11.2. The summed E-state index contributed by atoms with van der Waals surface area (Å²) in [6, 6.07) is 7.07. The molecular formula is C23H20ClN7O3S. The molecule has 10 nitrogen and oxygen atoms in total. The first-order valence-corrected chi connectivity index (χ1v) is 11.5. The summed E-state index contributed by atoms with van der Waals surface area (Å²) in [5.41, 5.74) is 3.63. The second-order valence-corrected chi connectivity index (χ2v) is 8.50. The van der Waals surface area contributed by atoms with Gasteiger partial charge in [0, 0.05) is 42.5 Å². The van der Waals surface area contributed by atoms with Crippen molar-refractivity contribution < 1.29 is 14.3 Å². The fourth-order valence-electron chi connectivity index (χ4n) is 3.18. The van der Waals surface area contributed by atoms with Crippen LogP contribution in [0, 0.1) is 6.92 Å². The van der Waals surface area contributed by atoms with Crippen LogP contribution in [0.5, 0.6) is 10.9 Å². The standard InChI is InChI=1S/C23H20ClN7O3S/c1-13-8-17(16-6-7-26-19(11-25-2)20(16)33-3)18(10-27-13)21(32)29-22-30-31-23(35-22)34-12-15-5-4-14(24)9-28-15/h4-11H,12H2,1-3H3,(H,29,30,32)/b25-11-. The molecule has 0 bridgehead atoms.